The first-order valence-corrected chi connectivity index (χ1v) is 9.30. The van der Waals surface area contributed by atoms with E-state index in [0.717, 1.165) is 24.1 Å². The maximum absolute atomic E-state index is 12.4. The maximum atomic E-state index is 12.4. The van der Waals surface area contributed by atoms with Crippen molar-refractivity contribution >= 4 is 10.0 Å². The summed E-state index contributed by atoms with van der Waals surface area (Å²) in [4.78, 5) is 0. The van der Waals surface area contributed by atoms with E-state index in [-0.39, 0.29) is 11.8 Å². The third-order valence-corrected chi connectivity index (χ3v) is 6.10. The fraction of sp³-hybridized carbons (Fsp3) is 0.625. The van der Waals surface area contributed by atoms with Gasteiger partial charge in [0.05, 0.1) is 5.75 Å². The van der Waals surface area contributed by atoms with Crippen LogP contribution in [0.3, 0.4) is 0 Å². The van der Waals surface area contributed by atoms with Gasteiger partial charge in [-0.05, 0) is 37.3 Å². The van der Waals surface area contributed by atoms with Crippen LogP contribution in [0, 0.1) is 0 Å². The standard InChI is InChI=1S/C16H26N2O2S/c1-4-13(2)18(3)21(19,20)12-15-7-5-6-14(10-15)11-17-16-8-9-16/h5-7,10,13,16-17H,4,8-9,11-12H2,1-3H3. The summed E-state index contributed by atoms with van der Waals surface area (Å²) in [7, 11) is -1.58. The zero-order valence-electron chi connectivity index (χ0n) is 13.2. The van der Waals surface area contributed by atoms with Gasteiger partial charge in [-0.1, -0.05) is 31.2 Å². The molecule has 0 amide bonds. The second-order valence-corrected chi connectivity index (χ2v) is 8.03. The van der Waals surface area contributed by atoms with Crippen LogP contribution in [-0.2, 0) is 22.3 Å². The molecule has 0 aromatic heterocycles. The summed E-state index contributed by atoms with van der Waals surface area (Å²) in [6, 6.07) is 8.57. The first-order valence-electron chi connectivity index (χ1n) is 7.69. The lowest BCUT2D eigenvalue weighted by molar-refractivity contribution is 0.380. The van der Waals surface area contributed by atoms with Gasteiger partial charge in [0, 0.05) is 25.7 Å². The predicted octanol–water partition coefficient (Wildman–Crippen LogP) is 2.50. The fourth-order valence-corrected chi connectivity index (χ4v) is 3.72. The van der Waals surface area contributed by atoms with Gasteiger partial charge in [-0.2, -0.15) is 0 Å². The van der Waals surface area contributed by atoms with Gasteiger partial charge in [0.2, 0.25) is 10.0 Å². The molecule has 4 nitrogen and oxygen atoms in total. The minimum Gasteiger partial charge on any atom is -0.310 e. The number of rotatable bonds is 8. The van der Waals surface area contributed by atoms with Crippen molar-refractivity contribution < 1.29 is 8.42 Å². The normalized spacial score (nSPS) is 17.1. The molecule has 1 fully saturated rings. The van der Waals surface area contributed by atoms with Gasteiger partial charge in [-0.3, -0.25) is 0 Å². The monoisotopic (exact) mass is 310 g/mol. The predicted molar refractivity (Wildman–Crippen MR) is 86.4 cm³/mol. The van der Waals surface area contributed by atoms with Crippen molar-refractivity contribution in [3.05, 3.63) is 35.4 Å². The van der Waals surface area contributed by atoms with Crippen LogP contribution in [0.2, 0.25) is 0 Å². The Bertz CT molecular complexity index is 567. The smallest absolute Gasteiger partial charge is 0.218 e. The van der Waals surface area contributed by atoms with Crippen molar-refractivity contribution in [2.45, 2.75) is 57.5 Å². The Morgan fingerprint density at radius 2 is 2.00 bits per heavy atom. The van der Waals surface area contributed by atoms with E-state index in [2.05, 4.69) is 5.32 Å². The molecule has 1 aromatic rings. The van der Waals surface area contributed by atoms with Crippen LogP contribution in [-0.4, -0.2) is 31.9 Å². The number of sulfonamides is 1. The third kappa shape index (κ3) is 4.80. The molecule has 1 N–H and O–H groups in total. The number of hydrogen-bond donors (Lipinski definition) is 1. The van der Waals surface area contributed by atoms with Crippen LogP contribution >= 0.6 is 0 Å². The molecule has 0 heterocycles. The van der Waals surface area contributed by atoms with Crippen molar-refractivity contribution in [3.8, 4) is 0 Å². The van der Waals surface area contributed by atoms with Crippen LogP contribution in [0.15, 0.2) is 24.3 Å². The Morgan fingerprint density at radius 3 is 2.62 bits per heavy atom. The number of benzene rings is 1. The van der Waals surface area contributed by atoms with Crippen molar-refractivity contribution in [1.29, 1.82) is 0 Å². The van der Waals surface area contributed by atoms with Crippen LogP contribution in [0.5, 0.6) is 0 Å². The van der Waals surface area contributed by atoms with E-state index in [4.69, 9.17) is 0 Å². The molecule has 1 atom stereocenters. The Balaban J connectivity index is 2.02. The summed E-state index contributed by atoms with van der Waals surface area (Å²) < 4.78 is 26.3. The zero-order chi connectivity index (χ0) is 15.5. The van der Waals surface area contributed by atoms with Crippen LogP contribution in [0.25, 0.3) is 0 Å². The van der Waals surface area contributed by atoms with E-state index in [1.165, 1.54) is 17.1 Å². The molecule has 1 aliphatic rings. The summed E-state index contributed by atoms with van der Waals surface area (Å²) in [5, 5.41) is 3.45. The lowest BCUT2D eigenvalue weighted by Gasteiger charge is -2.23. The Kier molecular flexibility index (Phi) is 5.41. The highest BCUT2D eigenvalue weighted by molar-refractivity contribution is 7.88. The molecular weight excluding hydrogens is 284 g/mol. The Morgan fingerprint density at radius 1 is 1.33 bits per heavy atom. The van der Waals surface area contributed by atoms with Gasteiger partial charge in [0.15, 0.2) is 0 Å². The molecule has 1 unspecified atom stereocenters. The van der Waals surface area contributed by atoms with Crippen molar-refractivity contribution in [1.82, 2.24) is 9.62 Å². The largest absolute Gasteiger partial charge is 0.310 e. The fourth-order valence-electron chi connectivity index (χ4n) is 2.22. The molecule has 21 heavy (non-hydrogen) atoms. The van der Waals surface area contributed by atoms with Crippen molar-refractivity contribution in [3.63, 3.8) is 0 Å². The number of nitrogens with one attached hydrogen (secondary N) is 1. The van der Waals surface area contributed by atoms with Gasteiger partial charge >= 0.3 is 0 Å². The SMILES string of the molecule is CCC(C)N(C)S(=O)(=O)Cc1cccc(CNC2CC2)c1. The number of hydrogen-bond acceptors (Lipinski definition) is 3. The van der Waals surface area contributed by atoms with Gasteiger partial charge in [-0.25, -0.2) is 12.7 Å². The summed E-state index contributed by atoms with van der Waals surface area (Å²) >= 11 is 0. The van der Waals surface area contributed by atoms with Gasteiger partial charge in [-0.15, -0.1) is 0 Å². The molecular formula is C16H26N2O2S. The topological polar surface area (TPSA) is 49.4 Å². The quantitative estimate of drug-likeness (QED) is 0.802. The van der Waals surface area contributed by atoms with E-state index in [9.17, 15) is 8.42 Å². The minimum atomic E-state index is -3.25. The lowest BCUT2D eigenvalue weighted by Crippen LogP contribution is -2.35. The van der Waals surface area contributed by atoms with Crippen LogP contribution in [0.1, 0.15) is 44.2 Å². The minimum absolute atomic E-state index is 0.0368. The Labute approximate surface area is 128 Å². The molecule has 1 saturated carbocycles. The highest BCUT2D eigenvalue weighted by Gasteiger charge is 2.23. The molecule has 1 aromatic carbocycles. The van der Waals surface area contributed by atoms with Gasteiger partial charge in [0.1, 0.15) is 0 Å². The van der Waals surface area contributed by atoms with E-state index in [0.29, 0.717) is 6.04 Å². The number of nitrogens with zero attached hydrogens (tertiary/aromatic N) is 1. The summed E-state index contributed by atoms with van der Waals surface area (Å²) in [5.41, 5.74) is 2.01. The van der Waals surface area contributed by atoms with Crippen molar-refractivity contribution in [2.24, 2.45) is 0 Å². The third-order valence-electron chi connectivity index (χ3n) is 4.16. The van der Waals surface area contributed by atoms with Gasteiger partial charge in [0.25, 0.3) is 0 Å². The lowest BCUT2D eigenvalue weighted by atomic mass is 10.1. The maximum Gasteiger partial charge on any atom is 0.218 e. The molecule has 2 rings (SSSR count). The average molecular weight is 310 g/mol. The zero-order valence-corrected chi connectivity index (χ0v) is 14.0. The molecule has 118 valence electrons. The van der Waals surface area contributed by atoms with E-state index in [1.54, 1.807) is 7.05 Å². The first kappa shape index (κ1) is 16.5. The molecule has 0 bridgehead atoms. The Hall–Kier alpha value is -0.910. The van der Waals surface area contributed by atoms with E-state index >= 15 is 0 Å². The molecule has 5 heteroatoms. The summed E-state index contributed by atoms with van der Waals surface area (Å²) in [5.74, 6) is 0.0745. The molecule has 0 aliphatic heterocycles. The highest BCUT2D eigenvalue weighted by atomic mass is 32.2. The van der Waals surface area contributed by atoms with Gasteiger partial charge < -0.3 is 5.32 Å². The van der Waals surface area contributed by atoms with Crippen molar-refractivity contribution in [2.75, 3.05) is 7.05 Å². The van der Waals surface area contributed by atoms with Crippen LogP contribution in [0.4, 0.5) is 0 Å². The molecule has 1 aliphatic carbocycles. The van der Waals surface area contributed by atoms with Crippen LogP contribution < -0.4 is 5.32 Å². The highest BCUT2D eigenvalue weighted by Crippen LogP contribution is 2.20. The second kappa shape index (κ2) is 6.90. The second-order valence-electron chi connectivity index (χ2n) is 6.00. The average Bonchev–Trinajstić information content (AvgIpc) is 3.27. The summed E-state index contributed by atoms with van der Waals surface area (Å²) in [6.45, 7) is 4.76. The molecule has 0 saturated heterocycles. The molecule has 0 radical (unpaired) electrons. The first-order chi connectivity index (χ1) is 9.92. The van der Waals surface area contributed by atoms with E-state index < -0.39 is 10.0 Å². The summed E-state index contributed by atoms with van der Waals surface area (Å²) in [6.07, 6.45) is 3.34. The molecule has 0 spiro atoms. The van der Waals surface area contributed by atoms with E-state index in [1.807, 2.05) is 38.1 Å².